The Balaban J connectivity index is 2.04. The number of rotatable bonds is 7. The molecule has 1 rings (SSSR count). The minimum atomic E-state index is 0.0745. The molecule has 100 valence electrons. The van der Waals surface area contributed by atoms with Gasteiger partial charge in [0.1, 0.15) is 0 Å². The van der Waals surface area contributed by atoms with Crippen molar-refractivity contribution in [2.24, 2.45) is 11.8 Å². The average Bonchev–Trinajstić information content (AvgIpc) is 2.75. The zero-order chi connectivity index (χ0) is 12.7. The van der Waals surface area contributed by atoms with Gasteiger partial charge in [0.15, 0.2) is 0 Å². The van der Waals surface area contributed by atoms with Crippen molar-refractivity contribution in [3.63, 3.8) is 0 Å². The number of carbonyl (C=O) groups excluding carboxylic acids is 1. The highest BCUT2D eigenvalue weighted by Crippen LogP contribution is 2.28. The number of hydrogen-bond donors (Lipinski definition) is 1. The van der Waals surface area contributed by atoms with Gasteiger partial charge in [-0.2, -0.15) is 0 Å². The summed E-state index contributed by atoms with van der Waals surface area (Å²) in [5, 5.41) is 3.02. The number of amides is 1. The van der Waals surface area contributed by atoms with Crippen LogP contribution in [0, 0.1) is 11.8 Å². The van der Waals surface area contributed by atoms with Gasteiger partial charge >= 0.3 is 0 Å². The molecule has 1 aliphatic carbocycles. The van der Waals surface area contributed by atoms with Crippen LogP contribution in [0.25, 0.3) is 0 Å². The van der Waals surface area contributed by atoms with Crippen molar-refractivity contribution in [2.75, 3.05) is 6.54 Å². The molecule has 0 spiro atoms. The molecule has 2 nitrogen and oxygen atoms in total. The van der Waals surface area contributed by atoms with Crippen molar-refractivity contribution in [3.8, 4) is 0 Å². The first-order chi connectivity index (χ1) is 8.08. The van der Waals surface area contributed by atoms with Gasteiger partial charge in [0, 0.05) is 13.0 Å². The van der Waals surface area contributed by atoms with Crippen LogP contribution in [0.1, 0.15) is 58.8 Å². The summed E-state index contributed by atoms with van der Waals surface area (Å²) < 4.78 is 0. The Hall–Kier alpha value is -0.240. The zero-order valence-electron chi connectivity index (χ0n) is 11.2. The van der Waals surface area contributed by atoms with E-state index in [0.717, 1.165) is 18.8 Å². The Morgan fingerprint density at radius 2 is 2.00 bits per heavy atom. The fourth-order valence-electron chi connectivity index (χ4n) is 2.54. The second-order valence-corrected chi connectivity index (χ2v) is 6.34. The standard InChI is InChI=1S/C14H26ClNO/c1-11(2)9-13(15)10-16-14(17)8-7-12-5-3-4-6-12/h11-13H,3-10H2,1-2H3,(H,16,17). The molecule has 0 bridgehead atoms. The van der Waals surface area contributed by atoms with Gasteiger partial charge in [0.05, 0.1) is 5.38 Å². The molecule has 1 N–H and O–H groups in total. The molecule has 1 aliphatic rings. The Bertz CT molecular complexity index is 224. The van der Waals surface area contributed by atoms with Gasteiger partial charge in [-0.15, -0.1) is 11.6 Å². The fraction of sp³-hybridized carbons (Fsp3) is 0.929. The van der Waals surface area contributed by atoms with Crippen molar-refractivity contribution in [1.82, 2.24) is 5.32 Å². The fourth-order valence-corrected chi connectivity index (χ4v) is 2.98. The maximum Gasteiger partial charge on any atom is 0.220 e. The molecule has 0 aliphatic heterocycles. The molecule has 0 radical (unpaired) electrons. The van der Waals surface area contributed by atoms with Crippen LogP contribution >= 0.6 is 11.6 Å². The van der Waals surface area contributed by atoms with Crippen molar-refractivity contribution in [1.29, 1.82) is 0 Å². The van der Waals surface area contributed by atoms with Gasteiger partial charge in [-0.3, -0.25) is 4.79 Å². The van der Waals surface area contributed by atoms with Crippen molar-refractivity contribution in [3.05, 3.63) is 0 Å². The largest absolute Gasteiger partial charge is 0.355 e. The van der Waals surface area contributed by atoms with E-state index in [9.17, 15) is 4.79 Å². The Morgan fingerprint density at radius 1 is 1.35 bits per heavy atom. The van der Waals surface area contributed by atoms with E-state index in [-0.39, 0.29) is 11.3 Å². The maximum absolute atomic E-state index is 11.6. The molecule has 0 aromatic carbocycles. The van der Waals surface area contributed by atoms with E-state index in [0.29, 0.717) is 18.9 Å². The minimum absolute atomic E-state index is 0.0745. The monoisotopic (exact) mass is 259 g/mol. The normalized spacial score (nSPS) is 18.6. The van der Waals surface area contributed by atoms with Crippen LogP contribution in [0.15, 0.2) is 0 Å². The van der Waals surface area contributed by atoms with Crippen LogP contribution in [-0.2, 0) is 4.79 Å². The third-order valence-corrected chi connectivity index (χ3v) is 3.83. The van der Waals surface area contributed by atoms with E-state index in [1.807, 2.05) is 0 Å². The van der Waals surface area contributed by atoms with Crippen LogP contribution in [0.3, 0.4) is 0 Å². The average molecular weight is 260 g/mol. The van der Waals surface area contributed by atoms with Crippen LogP contribution in [0.4, 0.5) is 0 Å². The Labute approximate surface area is 110 Å². The minimum Gasteiger partial charge on any atom is -0.355 e. The molecule has 0 aromatic rings. The third-order valence-electron chi connectivity index (χ3n) is 3.50. The highest BCUT2D eigenvalue weighted by Gasteiger charge is 2.16. The highest BCUT2D eigenvalue weighted by atomic mass is 35.5. The first kappa shape index (κ1) is 14.8. The predicted molar refractivity (Wildman–Crippen MR) is 73.3 cm³/mol. The Morgan fingerprint density at radius 3 is 2.59 bits per heavy atom. The van der Waals surface area contributed by atoms with E-state index in [1.165, 1.54) is 25.7 Å². The number of halogens is 1. The first-order valence-corrected chi connectivity index (χ1v) is 7.42. The number of alkyl halides is 1. The van der Waals surface area contributed by atoms with Gasteiger partial charge < -0.3 is 5.32 Å². The van der Waals surface area contributed by atoms with Crippen LogP contribution in [0.2, 0.25) is 0 Å². The summed E-state index contributed by atoms with van der Waals surface area (Å²) in [4.78, 5) is 11.6. The maximum atomic E-state index is 11.6. The smallest absolute Gasteiger partial charge is 0.220 e. The summed E-state index contributed by atoms with van der Waals surface area (Å²) in [6, 6.07) is 0. The summed E-state index contributed by atoms with van der Waals surface area (Å²) in [5.74, 6) is 1.56. The molecule has 1 saturated carbocycles. The summed E-state index contributed by atoms with van der Waals surface area (Å²) >= 11 is 6.13. The summed E-state index contributed by atoms with van der Waals surface area (Å²) in [6.45, 7) is 4.91. The first-order valence-electron chi connectivity index (χ1n) is 6.98. The van der Waals surface area contributed by atoms with Gasteiger partial charge in [-0.1, -0.05) is 39.5 Å². The van der Waals surface area contributed by atoms with Gasteiger partial charge in [0.25, 0.3) is 0 Å². The van der Waals surface area contributed by atoms with Crippen LogP contribution in [-0.4, -0.2) is 17.8 Å². The SMILES string of the molecule is CC(C)CC(Cl)CNC(=O)CCC1CCCC1. The molecular weight excluding hydrogens is 234 g/mol. The number of carbonyl (C=O) groups is 1. The lowest BCUT2D eigenvalue weighted by Gasteiger charge is -2.13. The summed E-state index contributed by atoms with van der Waals surface area (Å²) in [5.41, 5.74) is 0. The molecule has 0 aromatic heterocycles. The number of nitrogens with one attached hydrogen (secondary N) is 1. The van der Waals surface area contributed by atoms with E-state index in [2.05, 4.69) is 19.2 Å². The third kappa shape index (κ3) is 6.92. The molecule has 17 heavy (non-hydrogen) atoms. The zero-order valence-corrected chi connectivity index (χ0v) is 11.9. The van der Waals surface area contributed by atoms with Crippen molar-refractivity contribution in [2.45, 2.75) is 64.2 Å². The highest BCUT2D eigenvalue weighted by molar-refractivity contribution is 6.20. The Kier molecular flexibility index (Phi) is 6.94. The molecule has 1 fully saturated rings. The lowest BCUT2D eigenvalue weighted by atomic mass is 10.0. The molecule has 3 heteroatoms. The van der Waals surface area contributed by atoms with Crippen LogP contribution in [0.5, 0.6) is 0 Å². The topological polar surface area (TPSA) is 29.1 Å². The molecule has 0 heterocycles. The number of hydrogen-bond acceptors (Lipinski definition) is 1. The molecule has 1 atom stereocenters. The van der Waals surface area contributed by atoms with E-state index >= 15 is 0 Å². The molecule has 1 unspecified atom stereocenters. The van der Waals surface area contributed by atoms with Gasteiger partial charge in [0.2, 0.25) is 5.91 Å². The molecule has 1 amide bonds. The van der Waals surface area contributed by atoms with E-state index in [4.69, 9.17) is 11.6 Å². The van der Waals surface area contributed by atoms with E-state index in [1.54, 1.807) is 0 Å². The second kappa shape index (κ2) is 7.97. The van der Waals surface area contributed by atoms with Crippen molar-refractivity contribution >= 4 is 17.5 Å². The van der Waals surface area contributed by atoms with Gasteiger partial charge in [-0.25, -0.2) is 0 Å². The lowest BCUT2D eigenvalue weighted by molar-refractivity contribution is -0.121. The van der Waals surface area contributed by atoms with Gasteiger partial charge in [-0.05, 0) is 24.7 Å². The predicted octanol–water partition coefficient (Wildman–Crippen LogP) is 3.73. The summed E-state index contributed by atoms with van der Waals surface area (Å²) in [6.07, 6.45) is 8.04. The van der Waals surface area contributed by atoms with E-state index < -0.39 is 0 Å². The summed E-state index contributed by atoms with van der Waals surface area (Å²) in [7, 11) is 0. The van der Waals surface area contributed by atoms with Crippen molar-refractivity contribution < 1.29 is 4.79 Å². The van der Waals surface area contributed by atoms with Crippen LogP contribution < -0.4 is 5.32 Å². The second-order valence-electron chi connectivity index (χ2n) is 5.72. The quantitative estimate of drug-likeness (QED) is 0.694. The molecular formula is C14H26ClNO. The lowest BCUT2D eigenvalue weighted by Crippen LogP contribution is -2.30. The molecule has 0 saturated heterocycles.